The van der Waals surface area contributed by atoms with Crippen molar-refractivity contribution in [3.63, 3.8) is 0 Å². The molecule has 0 aliphatic carbocycles. The first kappa shape index (κ1) is 14.5. The van der Waals surface area contributed by atoms with Crippen molar-refractivity contribution >= 4 is 0 Å². The summed E-state index contributed by atoms with van der Waals surface area (Å²) in [5.74, 6) is 0.918. The van der Waals surface area contributed by atoms with Crippen molar-refractivity contribution < 1.29 is 4.74 Å². The maximum absolute atomic E-state index is 6.26. The van der Waals surface area contributed by atoms with Gasteiger partial charge in [-0.25, -0.2) is 0 Å². The molecule has 2 N–H and O–H groups in total. The van der Waals surface area contributed by atoms with Gasteiger partial charge in [0.1, 0.15) is 5.75 Å². The predicted octanol–water partition coefficient (Wildman–Crippen LogP) is 2.82. The van der Waals surface area contributed by atoms with Crippen LogP contribution >= 0.6 is 0 Å². The molecule has 1 aromatic carbocycles. The van der Waals surface area contributed by atoms with E-state index in [1.54, 1.807) is 7.11 Å². The van der Waals surface area contributed by atoms with Gasteiger partial charge in [0.25, 0.3) is 0 Å². The molecule has 0 aliphatic rings. The van der Waals surface area contributed by atoms with E-state index in [0.717, 1.165) is 35.4 Å². The molecular weight excluding hydrogens is 248 g/mol. The fourth-order valence-electron chi connectivity index (χ4n) is 2.51. The molecule has 0 fully saturated rings. The highest BCUT2D eigenvalue weighted by atomic mass is 16.5. The third-order valence-corrected chi connectivity index (χ3v) is 3.55. The lowest BCUT2D eigenvalue weighted by atomic mass is 9.99. The van der Waals surface area contributed by atoms with E-state index in [0.29, 0.717) is 0 Å². The first-order valence-corrected chi connectivity index (χ1v) is 6.90. The minimum atomic E-state index is 0.0658. The summed E-state index contributed by atoms with van der Waals surface area (Å²) in [6.07, 6.45) is 3.48. The molecule has 1 aromatic heterocycles. The van der Waals surface area contributed by atoms with Crippen LogP contribution in [0.15, 0.2) is 36.5 Å². The van der Waals surface area contributed by atoms with E-state index in [1.165, 1.54) is 5.56 Å². The minimum Gasteiger partial charge on any atom is -0.496 e. The molecule has 0 radical (unpaired) electrons. The van der Waals surface area contributed by atoms with Gasteiger partial charge in [-0.3, -0.25) is 4.98 Å². The standard InChI is InChI=1S/C17H22N2O/c1-12-11-19-16(13(2)17(12)20-3)10-15(18)9-14-7-5-4-6-8-14/h4-8,11,15H,9-10,18H2,1-3H3. The quantitative estimate of drug-likeness (QED) is 0.909. The van der Waals surface area contributed by atoms with E-state index in [4.69, 9.17) is 10.5 Å². The number of aromatic nitrogens is 1. The van der Waals surface area contributed by atoms with Crippen LogP contribution in [0.1, 0.15) is 22.4 Å². The number of nitrogens with two attached hydrogens (primary N) is 1. The van der Waals surface area contributed by atoms with E-state index < -0.39 is 0 Å². The Hall–Kier alpha value is -1.87. The summed E-state index contributed by atoms with van der Waals surface area (Å²) < 4.78 is 5.44. The van der Waals surface area contributed by atoms with Gasteiger partial charge in [0, 0.05) is 35.5 Å². The summed E-state index contributed by atoms with van der Waals surface area (Å²) in [4.78, 5) is 4.51. The molecule has 1 atom stereocenters. The Kier molecular flexibility index (Phi) is 4.74. The zero-order valence-electron chi connectivity index (χ0n) is 12.4. The Bertz CT molecular complexity index is 567. The summed E-state index contributed by atoms with van der Waals surface area (Å²) in [6.45, 7) is 4.05. The van der Waals surface area contributed by atoms with Gasteiger partial charge in [0.2, 0.25) is 0 Å². The number of benzene rings is 1. The van der Waals surface area contributed by atoms with Crippen molar-refractivity contribution in [1.29, 1.82) is 0 Å². The zero-order valence-corrected chi connectivity index (χ0v) is 12.4. The zero-order chi connectivity index (χ0) is 14.5. The summed E-state index contributed by atoms with van der Waals surface area (Å²) in [5, 5.41) is 0. The van der Waals surface area contributed by atoms with Crippen LogP contribution in [0.25, 0.3) is 0 Å². The van der Waals surface area contributed by atoms with Crippen molar-refractivity contribution in [2.24, 2.45) is 5.73 Å². The van der Waals surface area contributed by atoms with Gasteiger partial charge < -0.3 is 10.5 Å². The topological polar surface area (TPSA) is 48.1 Å². The lowest BCUT2D eigenvalue weighted by Crippen LogP contribution is -2.26. The van der Waals surface area contributed by atoms with Crippen LogP contribution in [0.4, 0.5) is 0 Å². The number of nitrogens with zero attached hydrogens (tertiary/aromatic N) is 1. The average molecular weight is 270 g/mol. The van der Waals surface area contributed by atoms with Crippen molar-refractivity contribution in [1.82, 2.24) is 4.98 Å². The molecular formula is C17H22N2O. The monoisotopic (exact) mass is 270 g/mol. The normalized spacial score (nSPS) is 12.2. The van der Waals surface area contributed by atoms with Gasteiger partial charge in [-0.2, -0.15) is 0 Å². The molecule has 0 bridgehead atoms. The SMILES string of the molecule is COc1c(C)cnc(CC(N)Cc2ccccc2)c1C. The molecule has 2 aromatic rings. The smallest absolute Gasteiger partial charge is 0.128 e. The van der Waals surface area contributed by atoms with Gasteiger partial charge >= 0.3 is 0 Å². The molecule has 0 saturated carbocycles. The van der Waals surface area contributed by atoms with Gasteiger partial charge in [-0.05, 0) is 25.8 Å². The average Bonchev–Trinajstić information content (AvgIpc) is 2.44. The highest BCUT2D eigenvalue weighted by Crippen LogP contribution is 2.24. The van der Waals surface area contributed by atoms with Crippen LogP contribution < -0.4 is 10.5 Å². The molecule has 3 heteroatoms. The van der Waals surface area contributed by atoms with E-state index in [9.17, 15) is 0 Å². The third kappa shape index (κ3) is 3.36. The molecule has 2 rings (SSSR count). The van der Waals surface area contributed by atoms with E-state index in [2.05, 4.69) is 17.1 Å². The van der Waals surface area contributed by atoms with Crippen molar-refractivity contribution in [2.45, 2.75) is 32.7 Å². The predicted molar refractivity (Wildman–Crippen MR) is 82.1 cm³/mol. The van der Waals surface area contributed by atoms with Crippen molar-refractivity contribution in [3.05, 3.63) is 58.9 Å². The molecule has 20 heavy (non-hydrogen) atoms. The maximum Gasteiger partial charge on any atom is 0.128 e. The number of hydrogen-bond donors (Lipinski definition) is 1. The Balaban J connectivity index is 2.10. The van der Waals surface area contributed by atoms with E-state index in [-0.39, 0.29) is 6.04 Å². The first-order valence-electron chi connectivity index (χ1n) is 6.90. The van der Waals surface area contributed by atoms with E-state index >= 15 is 0 Å². The van der Waals surface area contributed by atoms with Gasteiger partial charge in [0.15, 0.2) is 0 Å². The van der Waals surface area contributed by atoms with Gasteiger partial charge in [-0.15, -0.1) is 0 Å². The molecule has 0 amide bonds. The lowest BCUT2D eigenvalue weighted by molar-refractivity contribution is 0.406. The lowest BCUT2D eigenvalue weighted by Gasteiger charge is -2.16. The summed E-state index contributed by atoms with van der Waals surface area (Å²) >= 11 is 0. The number of pyridine rings is 1. The number of methoxy groups -OCH3 is 1. The summed E-state index contributed by atoms with van der Waals surface area (Å²) in [6, 6.07) is 10.4. The second kappa shape index (κ2) is 6.53. The molecule has 106 valence electrons. The summed E-state index contributed by atoms with van der Waals surface area (Å²) in [5.41, 5.74) is 10.7. The van der Waals surface area contributed by atoms with Crippen LogP contribution in [0.5, 0.6) is 5.75 Å². The van der Waals surface area contributed by atoms with Crippen molar-refractivity contribution in [3.8, 4) is 5.75 Å². The highest BCUT2D eigenvalue weighted by Gasteiger charge is 2.13. The second-order valence-electron chi connectivity index (χ2n) is 5.20. The highest BCUT2D eigenvalue weighted by molar-refractivity contribution is 5.41. The van der Waals surface area contributed by atoms with Crippen LogP contribution in [0.3, 0.4) is 0 Å². The fourth-order valence-corrected chi connectivity index (χ4v) is 2.51. The second-order valence-corrected chi connectivity index (χ2v) is 5.20. The maximum atomic E-state index is 6.26. The molecule has 1 heterocycles. The largest absolute Gasteiger partial charge is 0.496 e. The summed E-state index contributed by atoms with van der Waals surface area (Å²) in [7, 11) is 1.70. The Morgan fingerprint density at radius 1 is 1.15 bits per heavy atom. The van der Waals surface area contributed by atoms with Crippen LogP contribution in [0, 0.1) is 13.8 Å². The molecule has 0 spiro atoms. The first-order chi connectivity index (χ1) is 9.61. The van der Waals surface area contributed by atoms with Crippen LogP contribution in [0.2, 0.25) is 0 Å². The molecule has 3 nitrogen and oxygen atoms in total. The molecule has 0 aliphatic heterocycles. The number of rotatable bonds is 5. The Morgan fingerprint density at radius 2 is 1.85 bits per heavy atom. The van der Waals surface area contributed by atoms with Crippen LogP contribution in [-0.4, -0.2) is 18.1 Å². The molecule has 1 unspecified atom stereocenters. The van der Waals surface area contributed by atoms with E-state index in [1.807, 2.05) is 38.2 Å². The van der Waals surface area contributed by atoms with Gasteiger partial charge in [0.05, 0.1) is 7.11 Å². The number of ether oxygens (including phenoxy) is 1. The van der Waals surface area contributed by atoms with Crippen LogP contribution in [-0.2, 0) is 12.8 Å². The number of hydrogen-bond acceptors (Lipinski definition) is 3. The Labute approximate surface area is 120 Å². The third-order valence-electron chi connectivity index (χ3n) is 3.55. The van der Waals surface area contributed by atoms with Gasteiger partial charge in [-0.1, -0.05) is 30.3 Å². The number of aryl methyl sites for hydroxylation is 1. The Morgan fingerprint density at radius 3 is 2.50 bits per heavy atom. The van der Waals surface area contributed by atoms with Crippen molar-refractivity contribution in [2.75, 3.05) is 7.11 Å². The minimum absolute atomic E-state index is 0.0658. The molecule has 0 saturated heterocycles. The fraction of sp³-hybridized carbons (Fsp3) is 0.353.